The van der Waals surface area contributed by atoms with Gasteiger partial charge in [-0.25, -0.2) is 13.6 Å². The number of halogens is 2. The summed E-state index contributed by atoms with van der Waals surface area (Å²) < 4.78 is 25.9. The second kappa shape index (κ2) is 6.85. The molecule has 1 atom stereocenters. The Labute approximate surface area is 123 Å². The SMILES string of the molecule is CCC(C)N1CCN(C(=O)Nc2ccc(F)c(F)c2)CC1. The summed E-state index contributed by atoms with van der Waals surface area (Å²) in [6.07, 6.45) is 1.08. The molecule has 1 fully saturated rings. The molecule has 0 spiro atoms. The summed E-state index contributed by atoms with van der Waals surface area (Å²) in [4.78, 5) is 16.1. The number of hydrogen-bond acceptors (Lipinski definition) is 2. The highest BCUT2D eigenvalue weighted by molar-refractivity contribution is 5.89. The number of carbonyl (C=O) groups is 1. The molecule has 2 amide bonds. The molecule has 0 saturated carbocycles. The lowest BCUT2D eigenvalue weighted by Crippen LogP contribution is -2.52. The van der Waals surface area contributed by atoms with Gasteiger partial charge in [0.05, 0.1) is 0 Å². The number of nitrogens with zero attached hydrogens (tertiary/aromatic N) is 2. The van der Waals surface area contributed by atoms with Crippen molar-refractivity contribution in [1.29, 1.82) is 0 Å². The van der Waals surface area contributed by atoms with Gasteiger partial charge < -0.3 is 10.2 Å². The van der Waals surface area contributed by atoms with Crippen LogP contribution in [0.15, 0.2) is 18.2 Å². The van der Waals surface area contributed by atoms with Gasteiger partial charge in [0.2, 0.25) is 0 Å². The first kappa shape index (κ1) is 15.7. The molecule has 2 rings (SSSR count). The molecule has 21 heavy (non-hydrogen) atoms. The number of carbonyl (C=O) groups excluding carboxylic acids is 1. The van der Waals surface area contributed by atoms with E-state index >= 15 is 0 Å². The van der Waals surface area contributed by atoms with Gasteiger partial charge in [0.25, 0.3) is 0 Å². The first-order valence-corrected chi connectivity index (χ1v) is 7.26. The van der Waals surface area contributed by atoms with Crippen LogP contribution in [0.2, 0.25) is 0 Å². The predicted octanol–water partition coefficient (Wildman–Crippen LogP) is 2.91. The second-order valence-corrected chi connectivity index (χ2v) is 5.34. The third-order valence-corrected chi connectivity index (χ3v) is 3.99. The number of anilines is 1. The van der Waals surface area contributed by atoms with E-state index in [2.05, 4.69) is 24.1 Å². The number of piperazine rings is 1. The van der Waals surface area contributed by atoms with E-state index in [0.29, 0.717) is 19.1 Å². The van der Waals surface area contributed by atoms with Crippen molar-refractivity contribution in [3.05, 3.63) is 29.8 Å². The molecule has 6 heteroatoms. The molecule has 0 aliphatic carbocycles. The highest BCUT2D eigenvalue weighted by atomic mass is 19.2. The summed E-state index contributed by atoms with van der Waals surface area (Å²) in [6, 6.07) is 3.59. The normalized spacial score (nSPS) is 17.6. The molecule has 1 unspecified atom stereocenters. The van der Waals surface area contributed by atoms with Crippen LogP contribution in [0.25, 0.3) is 0 Å². The van der Waals surface area contributed by atoms with Crippen LogP contribution in [0.5, 0.6) is 0 Å². The lowest BCUT2D eigenvalue weighted by atomic mass is 10.2. The average molecular weight is 297 g/mol. The van der Waals surface area contributed by atoms with Crippen molar-refractivity contribution >= 4 is 11.7 Å². The van der Waals surface area contributed by atoms with Gasteiger partial charge in [-0.1, -0.05) is 6.92 Å². The van der Waals surface area contributed by atoms with Gasteiger partial charge in [-0.05, 0) is 25.5 Å². The van der Waals surface area contributed by atoms with E-state index in [9.17, 15) is 13.6 Å². The van der Waals surface area contributed by atoms with Gasteiger partial charge in [-0.3, -0.25) is 4.90 Å². The molecular formula is C15H21F2N3O. The van der Waals surface area contributed by atoms with E-state index in [1.165, 1.54) is 6.07 Å². The molecule has 1 aliphatic heterocycles. The Morgan fingerprint density at radius 2 is 1.90 bits per heavy atom. The lowest BCUT2D eigenvalue weighted by Gasteiger charge is -2.37. The van der Waals surface area contributed by atoms with E-state index in [-0.39, 0.29) is 11.7 Å². The Bertz CT molecular complexity index is 502. The molecule has 1 saturated heterocycles. The fourth-order valence-electron chi connectivity index (χ4n) is 2.40. The molecule has 116 valence electrons. The summed E-state index contributed by atoms with van der Waals surface area (Å²) in [7, 11) is 0. The molecule has 1 N–H and O–H groups in total. The second-order valence-electron chi connectivity index (χ2n) is 5.34. The third-order valence-electron chi connectivity index (χ3n) is 3.99. The van der Waals surface area contributed by atoms with Crippen molar-refractivity contribution in [1.82, 2.24) is 9.80 Å². The minimum atomic E-state index is -0.964. The molecule has 1 aromatic carbocycles. The monoisotopic (exact) mass is 297 g/mol. The first-order valence-electron chi connectivity index (χ1n) is 7.26. The van der Waals surface area contributed by atoms with E-state index in [4.69, 9.17) is 0 Å². The average Bonchev–Trinajstić information content (AvgIpc) is 2.50. The van der Waals surface area contributed by atoms with Crippen LogP contribution < -0.4 is 5.32 Å². The van der Waals surface area contributed by atoms with Crippen LogP contribution in [-0.4, -0.2) is 48.1 Å². The summed E-state index contributed by atoms with van der Waals surface area (Å²) in [6.45, 7) is 7.27. The number of rotatable bonds is 3. The Morgan fingerprint density at radius 3 is 2.48 bits per heavy atom. The Morgan fingerprint density at radius 1 is 1.24 bits per heavy atom. The maximum Gasteiger partial charge on any atom is 0.321 e. The van der Waals surface area contributed by atoms with E-state index in [0.717, 1.165) is 31.6 Å². The highest BCUT2D eigenvalue weighted by Crippen LogP contribution is 2.15. The van der Waals surface area contributed by atoms with Crippen LogP contribution in [0, 0.1) is 11.6 Å². The quantitative estimate of drug-likeness (QED) is 0.931. The van der Waals surface area contributed by atoms with Gasteiger partial charge >= 0.3 is 6.03 Å². The van der Waals surface area contributed by atoms with Crippen molar-refractivity contribution in [3.63, 3.8) is 0 Å². The topological polar surface area (TPSA) is 35.6 Å². The van der Waals surface area contributed by atoms with Crippen molar-refractivity contribution in [3.8, 4) is 0 Å². The summed E-state index contributed by atoms with van der Waals surface area (Å²) in [5, 5.41) is 2.60. The number of nitrogens with one attached hydrogen (secondary N) is 1. The Kier molecular flexibility index (Phi) is 5.12. The van der Waals surface area contributed by atoms with Gasteiger partial charge in [-0.2, -0.15) is 0 Å². The van der Waals surface area contributed by atoms with Crippen LogP contribution in [-0.2, 0) is 0 Å². The molecule has 1 aromatic rings. The molecule has 1 heterocycles. The zero-order valence-electron chi connectivity index (χ0n) is 12.4. The van der Waals surface area contributed by atoms with Crippen LogP contribution in [0.1, 0.15) is 20.3 Å². The summed E-state index contributed by atoms with van der Waals surface area (Å²) in [5.41, 5.74) is 0.267. The van der Waals surface area contributed by atoms with Crippen LogP contribution in [0.3, 0.4) is 0 Å². The number of benzene rings is 1. The van der Waals surface area contributed by atoms with Crippen LogP contribution >= 0.6 is 0 Å². The zero-order valence-corrected chi connectivity index (χ0v) is 12.4. The van der Waals surface area contributed by atoms with Crippen molar-refractivity contribution in [2.24, 2.45) is 0 Å². The van der Waals surface area contributed by atoms with E-state index in [1.54, 1.807) is 4.90 Å². The van der Waals surface area contributed by atoms with E-state index in [1.807, 2.05) is 0 Å². The van der Waals surface area contributed by atoms with Crippen molar-refractivity contribution in [2.45, 2.75) is 26.3 Å². The largest absolute Gasteiger partial charge is 0.322 e. The zero-order chi connectivity index (χ0) is 15.4. The van der Waals surface area contributed by atoms with Gasteiger partial charge in [-0.15, -0.1) is 0 Å². The Balaban J connectivity index is 1.88. The molecule has 0 radical (unpaired) electrons. The molecular weight excluding hydrogens is 276 g/mol. The Hall–Kier alpha value is -1.69. The fraction of sp³-hybridized carbons (Fsp3) is 0.533. The number of hydrogen-bond donors (Lipinski definition) is 1. The molecule has 0 bridgehead atoms. The van der Waals surface area contributed by atoms with Crippen LogP contribution in [0.4, 0.5) is 19.3 Å². The van der Waals surface area contributed by atoms with E-state index < -0.39 is 11.6 Å². The van der Waals surface area contributed by atoms with Crippen molar-refractivity contribution < 1.29 is 13.6 Å². The molecule has 4 nitrogen and oxygen atoms in total. The molecule has 1 aliphatic rings. The minimum Gasteiger partial charge on any atom is -0.322 e. The first-order chi connectivity index (χ1) is 10.0. The van der Waals surface area contributed by atoms with Gasteiger partial charge in [0.15, 0.2) is 11.6 Å². The lowest BCUT2D eigenvalue weighted by molar-refractivity contribution is 0.117. The number of amides is 2. The summed E-state index contributed by atoms with van der Waals surface area (Å²) in [5.74, 6) is -1.88. The standard InChI is InChI=1S/C15H21F2N3O/c1-3-11(2)19-6-8-20(9-7-19)15(21)18-12-4-5-13(16)14(17)10-12/h4-5,10-11H,3,6-9H2,1-2H3,(H,18,21). The summed E-state index contributed by atoms with van der Waals surface area (Å²) >= 11 is 0. The number of urea groups is 1. The molecule has 0 aromatic heterocycles. The van der Waals surface area contributed by atoms with Crippen molar-refractivity contribution in [2.75, 3.05) is 31.5 Å². The maximum atomic E-state index is 13.1. The highest BCUT2D eigenvalue weighted by Gasteiger charge is 2.23. The predicted molar refractivity (Wildman–Crippen MR) is 78.3 cm³/mol. The van der Waals surface area contributed by atoms with Gasteiger partial charge in [0, 0.05) is 44.0 Å². The van der Waals surface area contributed by atoms with Gasteiger partial charge in [0.1, 0.15) is 0 Å². The maximum absolute atomic E-state index is 13.1. The third kappa shape index (κ3) is 3.91. The fourth-order valence-corrected chi connectivity index (χ4v) is 2.40. The minimum absolute atomic E-state index is 0.267. The smallest absolute Gasteiger partial charge is 0.321 e.